The predicted molar refractivity (Wildman–Crippen MR) is 122 cm³/mol. The molecule has 2 unspecified atom stereocenters. The SMILES string of the molecule is CCC(CC)C(CNC(=NC)NCC1CN(C)CCO1)N1CCOCC1.I. The van der Waals surface area contributed by atoms with Crippen LogP contribution in [-0.4, -0.2) is 101 Å². The first-order valence-electron chi connectivity index (χ1n) is 10.2. The van der Waals surface area contributed by atoms with Gasteiger partial charge in [-0.25, -0.2) is 0 Å². The summed E-state index contributed by atoms with van der Waals surface area (Å²) < 4.78 is 11.4. The number of aliphatic imine (C=N–C) groups is 1. The molecule has 2 heterocycles. The molecule has 2 fully saturated rings. The van der Waals surface area contributed by atoms with E-state index in [2.05, 4.69) is 46.3 Å². The molecule has 7 nitrogen and oxygen atoms in total. The molecule has 2 rings (SSSR count). The second-order valence-electron chi connectivity index (χ2n) is 7.38. The van der Waals surface area contributed by atoms with Crippen molar-refractivity contribution in [2.24, 2.45) is 10.9 Å². The highest BCUT2D eigenvalue weighted by Gasteiger charge is 2.27. The van der Waals surface area contributed by atoms with Crippen molar-refractivity contribution in [3.8, 4) is 0 Å². The smallest absolute Gasteiger partial charge is 0.191 e. The molecule has 0 amide bonds. The van der Waals surface area contributed by atoms with Crippen molar-refractivity contribution in [3.05, 3.63) is 0 Å². The van der Waals surface area contributed by atoms with E-state index in [0.717, 1.165) is 65.0 Å². The first-order valence-corrected chi connectivity index (χ1v) is 10.2. The van der Waals surface area contributed by atoms with Crippen LogP contribution in [0.15, 0.2) is 4.99 Å². The van der Waals surface area contributed by atoms with Crippen LogP contribution in [0.1, 0.15) is 26.7 Å². The summed E-state index contributed by atoms with van der Waals surface area (Å²) >= 11 is 0. The zero-order chi connectivity index (χ0) is 18.8. The van der Waals surface area contributed by atoms with E-state index in [0.29, 0.717) is 12.0 Å². The molecule has 2 aliphatic heterocycles. The van der Waals surface area contributed by atoms with E-state index in [1.54, 1.807) is 0 Å². The molecule has 160 valence electrons. The Morgan fingerprint density at radius 3 is 2.41 bits per heavy atom. The first kappa shape index (κ1) is 24.9. The van der Waals surface area contributed by atoms with Crippen LogP contribution in [0.2, 0.25) is 0 Å². The lowest BCUT2D eigenvalue weighted by Crippen LogP contribution is -2.54. The van der Waals surface area contributed by atoms with Gasteiger partial charge in [-0.2, -0.15) is 0 Å². The van der Waals surface area contributed by atoms with Gasteiger partial charge in [-0.15, -0.1) is 24.0 Å². The molecule has 2 N–H and O–H groups in total. The van der Waals surface area contributed by atoms with Crippen LogP contribution in [0.25, 0.3) is 0 Å². The second kappa shape index (κ2) is 13.9. The zero-order valence-electron chi connectivity index (χ0n) is 17.6. The van der Waals surface area contributed by atoms with Gasteiger partial charge in [0.1, 0.15) is 0 Å². The summed E-state index contributed by atoms with van der Waals surface area (Å²) in [6.45, 7) is 12.8. The van der Waals surface area contributed by atoms with Crippen LogP contribution in [0.3, 0.4) is 0 Å². The van der Waals surface area contributed by atoms with Crippen molar-refractivity contribution >= 4 is 29.9 Å². The minimum atomic E-state index is 0. The number of nitrogens with zero attached hydrogens (tertiary/aromatic N) is 3. The number of nitrogens with one attached hydrogen (secondary N) is 2. The van der Waals surface area contributed by atoms with Crippen molar-refractivity contribution in [2.45, 2.75) is 38.8 Å². The van der Waals surface area contributed by atoms with Gasteiger partial charge in [0.15, 0.2) is 5.96 Å². The fraction of sp³-hybridized carbons (Fsp3) is 0.947. The Bertz CT molecular complexity index is 417. The number of hydrogen-bond donors (Lipinski definition) is 2. The largest absolute Gasteiger partial charge is 0.379 e. The number of ether oxygens (including phenoxy) is 2. The molecule has 8 heteroatoms. The highest BCUT2D eigenvalue weighted by molar-refractivity contribution is 14.0. The number of halogens is 1. The Labute approximate surface area is 182 Å². The van der Waals surface area contributed by atoms with Gasteiger partial charge in [0.2, 0.25) is 0 Å². The summed E-state index contributed by atoms with van der Waals surface area (Å²) in [5.41, 5.74) is 0. The van der Waals surface area contributed by atoms with E-state index >= 15 is 0 Å². The van der Waals surface area contributed by atoms with Crippen molar-refractivity contribution in [2.75, 3.05) is 73.2 Å². The molecule has 2 atom stereocenters. The number of guanidine groups is 1. The number of rotatable bonds is 8. The fourth-order valence-electron chi connectivity index (χ4n) is 3.96. The Balaban J connectivity index is 0.00000364. The molecule has 0 spiro atoms. The number of hydrogen-bond acceptors (Lipinski definition) is 5. The summed E-state index contributed by atoms with van der Waals surface area (Å²) in [4.78, 5) is 9.30. The van der Waals surface area contributed by atoms with Crippen molar-refractivity contribution < 1.29 is 9.47 Å². The second-order valence-corrected chi connectivity index (χ2v) is 7.38. The molecular weight excluding hydrogens is 457 g/mol. The van der Waals surface area contributed by atoms with Crippen LogP contribution in [-0.2, 0) is 9.47 Å². The van der Waals surface area contributed by atoms with E-state index < -0.39 is 0 Å². The average Bonchev–Trinajstić information content (AvgIpc) is 2.68. The molecule has 0 aliphatic carbocycles. The summed E-state index contributed by atoms with van der Waals surface area (Å²) in [5, 5.41) is 6.99. The maximum atomic E-state index is 5.83. The minimum Gasteiger partial charge on any atom is -0.379 e. The minimum absolute atomic E-state index is 0. The quantitative estimate of drug-likeness (QED) is 0.299. The molecule has 2 aliphatic rings. The highest BCUT2D eigenvalue weighted by Crippen LogP contribution is 2.19. The van der Waals surface area contributed by atoms with Gasteiger partial charge in [0.05, 0.1) is 25.9 Å². The third kappa shape index (κ3) is 8.39. The molecule has 0 aromatic heterocycles. The van der Waals surface area contributed by atoms with Gasteiger partial charge in [0, 0.05) is 52.4 Å². The monoisotopic (exact) mass is 497 g/mol. The lowest BCUT2D eigenvalue weighted by molar-refractivity contribution is -0.0161. The van der Waals surface area contributed by atoms with Crippen molar-refractivity contribution in [3.63, 3.8) is 0 Å². The lowest BCUT2D eigenvalue weighted by Gasteiger charge is -2.39. The Kier molecular flexibility index (Phi) is 12.8. The van der Waals surface area contributed by atoms with Crippen molar-refractivity contribution in [1.82, 2.24) is 20.4 Å². The van der Waals surface area contributed by atoms with Gasteiger partial charge >= 0.3 is 0 Å². The predicted octanol–water partition coefficient (Wildman–Crippen LogP) is 1.24. The van der Waals surface area contributed by atoms with Gasteiger partial charge < -0.3 is 25.0 Å². The first-order chi connectivity index (χ1) is 12.7. The lowest BCUT2D eigenvalue weighted by atomic mass is 9.92. The third-order valence-electron chi connectivity index (χ3n) is 5.65. The third-order valence-corrected chi connectivity index (χ3v) is 5.65. The Morgan fingerprint density at radius 1 is 1.11 bits per heavy atom. The van der Waals surface area contributed by atoms with Crippen molar-refractivity contribution in [1.29, 1.82) is 0 Å². The standard InChI is InChI=1S/C19H39N5O2.HI/c1-5-16(6-2)18(24-8-10-25-11-9-24)14-22-19(20-3)21-13-17-15-23(4)7-12-26-17;/h16-18H,5-15H2,1-4H3,(H2,20,21,22);1H. The van der Waals surface area contributed by atoms with Crippen LogP contribution in [0, 0.1) is 5.92 Å². The topological polar surface area (TPSA) is 61.4 Å². The maximum Gasteiger partial charge on any atom is 0.191 e. The fourth-order valence-corrected chi connectivity index (χ4v) is 3.96. The molecule has 2 saturated heterocycles. The Hall–Kier alpha value is -0.160. The van der Waals surface area contributed by atoms with Crippen LogP contribution >= 0.6 is 24.0 Å². The van der Waals surface area contributed by atoms with Gasteiger partial charge in [0.25, 0.3) is 0 Å². The van der Waals surface area contributed by atoms with Crippen LogP contribution < -0.4 is 10.6 Å². The van der Waals surface area contributed by atoms with Gasteiger partial charge in [-0.1, -0.05) is 26.7 Å². The summed E-state index contributed by atoms with van der Waals surface area (Å²) in [7, 11) is 3.98. The summed E-state index contributed by atoms with van der Waals surface area (Å²) in [6.07, 6.45) is 2.63. The van der Waals surface area contributed by atoms with E-state index in [4.69, 9.17) is 9.47 Å². The molecular formula is C19H40IN5O2. The highest BCUT2D eigenvalue weighted by atomic mass is 127. The molecule has 0 saturated carbocycles. The Morgan fingerprint density at radius 2 is 1.81 bits per heavy atom. The molecule has 0 radical (unpaired) electrons. The molecule has 0 aromatic carbocycles. The normalized spacial score (nSPS) is 23.7. The average molecular weight is 497 g/mol. The van der Waals surface area contributed by atoms with Crippen LogP contribution in [0.4, 0.5) is 0 Å². The summed E-state index contributed by atoms with van der Waals surface area (Å²) in [6, 6.07) is 0.518. The van der Waals surface area contributed by atoms with E-state index in [-0.39, 0.29) is 30.1 Å². The van der Waals surface area contributed by atoms with Gasteiger partial charge in [-0.3, -0.25) is 9.89 Å². The number of likely N-dealkylation sites (N-methyl/N-ethyl adjacent to an activating group) is 1. The zero-order valence-corrected chi connectivity index (χ0v) is 19.9. The van der Waals surface area contributed by atoms with E-state index in [9.17, 15) is 0 Å². The van der Waals surface area contributed by atoms with Crippen LogP contribution in [0.5, 0.6) is 0 Å². The van der Waals surface area contributed by atoms with Gasteiger partial charge in [-0.05, 0) is 13.0 Å². The van der Waals surface area contributed by atoms with E-state index in [1.807, 2.05) is 7.05 Å². The molecule has 27 heavy (non-hydrogen) atoms. The maximum absolute atomic E-state index is 5.83. The molecule has 0 aromatic rings. The van der Waals surface area contributed by atoms with E-state index in [1.165, 1.54) is 12.8 Å². The summed E-state index contributed by atoms with van der Waals surface area (Å²) in [5.74, 6) is 1.56. The number of morpholine rings is 2. The molecule has 0 bridgehead atoms.